The molecular weight excluding hydrogens is 340 g/mol. The van der Waals surface area contributed by atoms with Crippen LogP contribution in [-0.4, -0.2) is 46.7 Å². The van der Waals surface area contributed by atoms with Gasteiger partial charge in [-0.2, -0.15) is 0 Å². The summed E-state index contributed by atoms with van der Waals surface area (Å²) in [4.78, 5) is 36.1. The zero-order valence-electron chi connectivity index (χ0n) is 15.4. The molecule has 2 atom stereocenters. The van der Waals surface area contributed by atoms with Gasteiger partial charge in [0.25, 0.3) is 5.69 Å². The number of hydrogen-bond donors (Lipinski definition) is 0. The first-order valence-electron chi connectivity index (χ1n) is 8.50. The van der Waals surface area contributed by atoms with Gasteiger partial charge in [-0.1, -0.05) is 6.92 Å². The lowest BCUT2D eigenvalue weighted by Crippen LogP contribution is -2.48. The quantitative estimate of drug-likeness (QED) is 0.463. The van der Waals surface area contributed by atoms with E-state index in [1.54, 1.807) is 4.90 Å². The second kappa shape index (κ2) is 7.72. The van der Waals surface area contributed by atoms with E-state index in [9.17, 15) is 19.7 Å². The molecule has 1 fully saturated rings. The highest BCUT2D eigenvalue weighted by molar-refractivity contribution is 5.89. The molecule has 1 amide bonds. The van der Waals surface area contributed by atoms with E-state index in [4.69, 9.17) is 9.47 Å². The smallest absolute Gasteiger partial charge is 0.410 e. The van der Waals surface area contributed by atoms with E-state index in [2.05, 4.69) is 0 Å². The fourth-order valence-electron chi connectivity index (χ4n) is 2.72. The third-order valence-electron chi connectivity index (χ3n) is 4.05. The van der Waals surface area contributed by atoms with Crippen LogP contribution < -0.4 is 0 Å². The van der Waals surface area contributed by atoms with Gasteiger partial charge in [-0.05, 0) is 32.9 Å². The van der Waals surface area contributed by atoms with E-state index < -0.39 is 16.5 Å². The van der Waals surface area contributed by atoms with Crippen LogP contribution in [-0.2, 0) is 9.47 Å². The fourth-order valence-corrected chi connectivity index (χ4v) is 2.72. The van der Waals surface area contributed by atoms with Crippen molar-refractivity contribution in [3.05, 3.63) is 39.9 Å². The average Bonchev–Trinajstić information content (AvgIpc) is 2.55. The Bertz CT molecular complexity index is 680. The first-order valence-corrected chi connectivity index (χ1v) is 8.50. The number of hydrogen-bond acceptors (Lipinski definition) is 6. The number of esters is 1. The van der Waals surface area contributed by atoms with Crippen LogP contribution in [0.2, 0.25) is 0 Å². The molecule has 1 heterocycles. The molecule has 1 aliphatic rings. The Morgan fingerprint density at radius 2 is 1.85 bits per heavy atom. The zero-order chi connectivity index (χ0) is 19.5. The lowest BCUT2D eigenvalue weighted by atomic mass is 9.96. The number of carbonyl (C=O) groups is 2. The number of piperidine rings is 1. The number of amides is 1. The highest BCUT2D eigenvalue weighted by Gasteiger charge is 2.33. The zero-order valence-corrected chi connectivity index (χ0v) is 15.4. The van der Waals surface area contributed by atoms with Gasteiger partial charge >= 0.3 is 12.1 Å². The van der Waals surface area contributed by atoms with Crippen LogP contribution in [0.15, 0.2) is 24.3 Å². The normalized spacial score (nSPS) is 20.4. The van der Waals surface area contributed by atoms with Crippen molar-refractivity contribution in [2.24, 2.45) is 5.92 Å². The molecule has 8 nitrogen and oxygen atoms in total. The van der Waals surface area contributed by atoms with Crippen LogP contribution in [0.4, 0.5) is 10.5 Å². The fraction of sp³-hybridized carbons (Fsp3) is 0.556. The highest BCUT2D eigenvalue weighted by Crippen LogP contribution is 2.23. The second-order valence-corrected chi connectivity index (χ2v) is 7.44. The molecule has 1 aliphatic heterocycles. The minimum Gasteiger partial charge on any atom is -0.458 e. The number of benzene rings is 1. The van der Waals surface area contributed by atoms with E-state index >= 15 is 0 Å². The predicted octanol–water partition coefficient (Wildman–Crippen LogP) is 3.40. The molecule has 0 saturated carbocycles. The molecule has 1 aromatic rings. The van der Waals surface area contributed by atoms with E-state index in [1.165, 1.54) is 24.3 Å². The number of rotatable bonds is 3. The van der Waals surface area contributed by atoms with Crippen molar-refractivity contribution in [1.82, 2.24) is 4.90 Å². The van der Waals surface area contributed by atoms with Crippen LogP contribution in [0.25, 0.3) is 0 Å². The van der Waals surface area contributed by atoms with Crippen molar-refractivity contribution in [1.29, 1.82) is 0 Å². The molecule has 0 unspecified atom stereocenters. The van der Waals surface area contributed by atoms with Crippen molar-refractivity contribution in [2.75, 3.05) is 13.1 Å². The maximum absolute atomic E-state index is 12.2. The number of ether oxygens (including phenoxy) is 2. The Hall–Kier alpha value is -2.64. The van der Waals surface area contributed by atoms with Crippen molar-refractivity contribution < 1.29 is 24.0 Å². The topological polar surface area (TPSA) is 99.0 Å². The molecule has 1 aromatic carbocycles. The van der Waals surface area contributed by atoms with Gasteiger partial charge in [0.15, 0.2) is 0 Å². The maximum atomic E-state index is 12.2. The van der Waals surface area contributed by atoms with Crippen LogP contribution in [0.3, 0.4) is 0 Å². The van der Waals surface area contributed by atoms with Crippen LogP contribution in [0.1, 0.15) is 44.5 Å². The van der Waals surface area contributed by atoms with Gasteiger partial charge < -0.3 is 14.4 Å². The molecule has 0 aromatic heterocycles. The first-order chi connectivity index (χ1) is 12.1. The minimum atomic E-state index is -0.556. The summed E-state index contributed by atoms with van der Waals surface area (Å²) in [5, 5.41) is 10.7. The van der Waals surface area contributed by atoms with Gasteiger partial charge in [0.2, 0.25) is 0 Å². The van der Waals surface area contributed by atoms with E-state index in [0.29, 0.717) is 19.5 Å². The molecule has 0 bridgehead atoms. The van der Waals surface area contributed by atoms with Crippen LogP contribution >= 0.6 is 0 Å². The van der Waals surface area contributed by atoms with Crippen molar-refractivity contribution in [2.45, 2.75) is 45.8 Å². The summed E-state index contributed by atoms with van der Waals surface area (Å²) in [6.07, 6.45) is -0.181. The third kappa shape index (κ3) is 5.18. The Labute approximate surface area is 152 Å². The van der Waals surface area contributed by atoms with Crippen molar-refractivity contribution in [3.63, 3.8) is 0 Å². The Morgan fingerprint density at radius 3 is 2.35 bits per heavy atom. The molecule has 2 rings (SSSR count). The van der Waals surface area contributed by atoms with Gasteiger partial charge in [0.05, 0.1) is 10.5 Å². The van der Waals surface area contributed by atoms with Gasteiger partial charge in [-0.15, -0.1) is 0 Å². The Morgan fingerprint density at radius 1 is 1.23 bits per heavy atom. The summed E-state index contributed by atoms with van der Waals surface area (Å²) in [7, 11) is 0. The largest absolute Gasteiger partial charge is 0.458 e. The highest BCUT2D eigenvalue weighted by atomic mass is 16.6. The SMILES string of the molecule is C[C@H]1CN(C(=O)OC(C)(C)C)CC[C@H]1OC(=O)c1ccc([N+](=O)[O-])cc1. The number of nitrogens with zero attached hydrogens (tertiary/aromatic N) is 2. The molecule has 0 radical (unpaired) electrons. The molecule has 26 heavy (non-hydrogen) atoms. The molecule has 1 saturated heterocycles. The number of nitro groups is 1. The molecule has 142 valence electrons. The van der Waals surface area contributed by atoms with Crippen molar-refractivity contribution >= 4 is 17.7 Å². The monoisotopic (exact) mass is 364 g/mol. The summed E-state index contributed by atoms with van der Waals surface area (Å²) in [5.74, 6) is -0.569. The number of nitro benzene ring substituents is 1. The summed E-state index contributed by atoms with van der Waals surface area (Å²) in [5.41, 5.74) is -0.377. The molecule has 8 heteroatoms. The van der Waals surface area contributed by atoms with Gasteiger partial charge in [0.1, 0.15) is 11.7 Å². The summed E-state index contributed by atoms with van der Waals surface area (Å²) >= 11 is 0. The summed E-state index contributed by atoms with van der Waals surface area (Å²) < 4.78 is 10.9. The lowest BCUT2D eigenvalue weighted by Gasteiger charge is -2.37. The molecular formula is C18H24N2O6. The summed E-state index contributed by atoms with van der Waals surface area (Å²) in [6, 6.07) is 5.29. The number of likely N-dealkylation sites (tertiary alicyclic amines) is 1. The summed E-state index contributed by atoms with van der Waals surface area (Å²) in [6.45, 7) is 8.22. The predicted molar refractivity (Wildman–Crippen MR) is 93.9 cm³/mol. The Kier molecular flexibility index (Phi) is 5.84. The lowest BCUT2D eigenvalue weighted by molar-refractivity contribution is -0.384. The Balaban J connectivity index is 1.92. The molecule has 0 spiro atoms. The third-order valence-corrected chi connectivity index (χ3v) is 4.05. The standard InChI is InChI=1S/C18H24N2O6/c1-12-11-19(17(22)26-18(2,3)4)10-9-15(12)25-16(21)13-5-7-14(8-6-13)20(23)24/h5-8,12,15H,9-11H2,1-4H3/t12-,15+/m0/s1. The van der Waals surface area contributed by atoms with Gasteiger partial charge in [-0.3, -0.25) is 10.1 Å². The number of carbonyl (C=O) groups excluding carboxylic acids is 2. The van der Waals surface area contributed by atoms with E-state index in [1.807, 2.05) is 27.7 Å². The van der Waals surface area contributed by atoms with Gasteiger partial charge in [-0.25, -0.2) is 9.59 Å². The van der Waals surface area contributed by atoms with E-state index in [-0.39, 0.29) is 29.4 Å². The average molecular weight is 364 g/mol. The van der Waals surface area contributed by atoms with E-state index in [0.717, 1.165) is 0 Å². The van der Waals surface area contributed by atoms with Crippen LogP contribution in [0.5, 0.6) is 0 Å². The molecule has 0 aliphatic carbocycles. The minimum absolute atomic E-state index is 0.0433. The van der Waals surface area contributed by atoms with Gasteiger partial charge in [0, 0.05) is 37.6 Å². The van der Waals surface area contributed by atoms with Crippen LogP contribution in [0, 0.1) is 16.0 Å². The number of non-ortho nitro benzene ring substituents is 1. The maximum Gasteiger partial charge on any atom is 0.410 e. The molecule has 0 N–H and O–H groups in total. The van der Waals surface area contributed by atoms with Crippen molar-refractivity contribution in [3.8, 4) is 0 Å². The first kappa shape index (κ1) is 19.7. The second-order valence-electron chi connectivity index (χ2n) is 7.44.